The number of rotatable bonds is 4. The van der Waals surface area contributed by atoms with Gasteiger partial charge < -0.3 is 28.5 Å². The van der Waals surface area contributed by atoms with Crippen LogP contribution in [0.5, 0.6) is 0 Å². The SMILES string of the molecule is COC(=O)C[C@H]1[C@@H](CC(C)=O)C2(OCCO2)[C@@H]2OC[C@H]1O2. The fourth-order valence-electron chi connectivity index (χ4n) is 3.53. The summed E-state index contributed by atoms with van der Waals surface area (Å²) in [4.78, 5) is 23.4. The Morgan fingerprint density at radius 2 is 1.95 bits per heavy atom. The largest absolute Gasteiger partial charge is 0.469 e. The molecular formula is C14H20O7. The van der Waals surface area contributed by atoms with Crippen molar-refractivity contribution in [3.05, 3.63) is 0 Å². The van der Waals surface area contributed by atoms with Gasteiger partial charge in [0.15, 0.2) is 0 Å². The Morgan fingerprint density at radius 1 is 1.24 bits per heavy atom. The summed E-state index contributed by atoms with van der Waals surface area (Å²) >= 11 is 0. The van der Waals surface area contributed by atoms with Gasteiger partial charge in [0.25, 0.3) is 0 Å². The van der Waals surface area contributed by atoms with Crippen molar-refractivity contribution in [2.45, 2.75) is 37.9 Å². The number of ether oxygens (including phenoxy) is 5. The van der Waals surface area contributed by atoms with Crippen LogP contribution in [0.3, 0.4) is 0 Å². The van der Waals surface area contributed by atoms with Crippen molar-refractivity contribution in [2.75, 3.05) is 26.9 Å². The van der Waals surface area contributed by atoms with Gasteiger partial charge in [-0.3, -0.25) is 4.79 Å². The Balaban J connectivity index is 1.91. The second-order valence-electron chi connectivity index (χ2n) is 5.71. The van der Waals surface area contributed by atoms with Gasteiger partial charge in [-0.05, 0) is 6.92 Å². The lowest BCUT2D eigenvalue weighted by molar-refractivity contribution is -0.339. The monoisotopic (exact) mass is 300 g/mol. The number of methoxy groups -OCH3 is 1. The molecule has 118 valence electrons. The summed E-state index contributed by atoms with van der Waals surface area (Å²) in [6.45, 7) is 2.74. The average molecular weight is 300 g/mol. The van der Waals surface area contributed by atoms with Gasteiger partial charge in [-0.15, -0.1) is 0 Å². The van der Waals surface area contributed by atoms with Gasteiger partial charge in [0.05, 0.1) is 39.5 Å². The van der Waals surface area contributed by atoms with Crippen molar-refractivity contribution in [3.63, 3.8) is 0 Å². The summed E-state index contributed by atoms with van der Waals surface area (Å²) in [6, 6.07) is 0. The average Bonchev–Trinajstić information content (AvgIpc) is 3.08. The van der Waals surface area contributed by atoms with Crippen LogP contribution in [0.4, 0.5) is 0 Å². The lowest BCUT2D eigenvalue weighted by Gasteiger charge is -2.46. The number of fused-ring (bicyclic) bond motifs is 3. The highest BCUT2D eigenvalue weighted by atomic mass is 16.8. The zero-order valence-electron chi connectivity index (χ0n) is 12.2. The van der Waals surface area contributed by atoms with Gasteiger partial charge in [-0.1, -0.05) is 0 Å². The molecule has 0 unspecified atom stereocenters. The minimum atomic E-state index is -1.09. The number of hydrogen-bond acceptors (Lipinski definition) is 7. The number of ketones is 1. The molecule has 1 spiro atoms. The normalized spacial score (nSPS) is 36.9. The number of Topliss-reactive ketones (excluding diaryl/α,β-unsaturated/α-hetero) is 1. The first-order valence-electron chi connectivity index (χ1n) is 7.18. The van der Waals surface area contributed by atoms with Gasteiger partial charge in [-0.2, -0.15) is 0 Å². The Kier molecular flexibility index (Phi) is 4.00. The van der Waals surface area contributed by atoms with E-state index < -0.39 is 12.1 Å². The highest BCUT2D eigenvalue weighted by Crippen LogP contribution is 2.50. The Morgan fingerprint density at radius 3 is 2.57 bits per heavy atom. The minimum Gasteiger partial charge on any atom is -0.469 e. The molecule has 3 saturated heterocycles. The van der Waals surface area contributed by atoms with Crippen LogP contribution in [0.1, 0.15) is 19.8 Å². The molecule has 0 aliphatic carbocycles. The van der Waals surface area contributed by atoms with E-state index in [-0.39, 0.29) is 42.5 Å². The molecule has 0 aromatic carbocycles. The zero-order chi connectivity index (χ0) is 15.0. The van der Waals surface area contributed by atoms with Crippen molar-refractivity contribution in [1.29, 1.82) is 0 Å². The highest BCUT2D eigenvalue weighted by molar-refractivity contribution is 5.76. The summed E-state index contributed by atoms with van der Waals surface area (Å²) in [7, 11) is 1.35. The molecule has 0 aromatic rings. The molecule has 3 rings (SSSR count). The van der Waals surface area contributed by atoms with E-state index in [4.69, 9.17) is 23.7 Å². The van der Waals surface area contributed by atoms with Crippen LogP contribution in [0.2, 0.25) is 0 Å². The van der Waals surface area contributed by atoms with Crippen molar-refractivity contribution in [3.8, 4) is 0 Å². The van der Waals surface area contributed by atoms with Crippen LogP contribution in [0.15, 0.2) is 0 Å². The third-order valence-corrected chi connectivity index (χ3v) is 4.43. The molecule has 3 aliphatic heterocycles. The molecule has 7 nitrogen and oxygen atoms in total. The highest BCUT2D eigenvalue weighted by Gasteiger charge is 2.63. The topological polar surface area (TPSA) is 80.3 Å². The van der Waals surface area contributed by atoms with Crippen LogP contribution in [-0.4, -0.2) is 56.9 Å². The Bertz CT molecular complexity index is 429. The number of esters is 1. The summed E-state index contributed by atoms with van der Waals surface area (Å²) in [5.41, 5.74) is 0. The van der Waals surface area contributed by atoms with Crippen molar-refractivity contribution < 1.29 is 33.3 Å². The van der Waals surface area contributed by atoms with E-state index in [1.165, 1.54) is 14.0 Å². The Labute approximate surface area is 122 Å². The van der Waals surface area contributed by atoms with Crippen molar-refractivity contribution in [1.82, 2.24) is 0 Å². The molecule has 3 fully saturated rings. The van der Waals surface area contributed by atoms with Crippen LogP contribution in [0.25, 0.3) is 0 Å². The van der Waals surface area contributed by atoms with Crippen LogP contribution in [0, 0.1) is 11.8 Å². The van der Waals surface area contributed by atoms with Crippen LogP contribution >= 0.6 is 0 Å². The molecule has 0 aromatic heterocycles. The fraction of sp³-hybridized carbons (Fsp3) is 0.857. The summed E-state index contributed by atoms with van der Waals surface area (Å²) in [5.74, 6) is -1.90. The number of carbonyl (C=O) groups is 2. The van der Waals surface area contributed by atoms with Gasteiger partial charge >= 0.3 is 5.97 Å². The third-order valence-electron chi connectivity index (χ3n) is 4.43. The molecule has 0 saturated carbocycles. The summed E-state index contributed by atoms with van der Waals surface area (Å²) in [6.07, 6.45) is -0.453. The first-order valence-corrected chi connectivity index (χ1v) is 7.18. The standard InChI is InChI=1S/C14H20O7/c1-8(15)5-10-9(6-12(16)17-2)11-7-18-13(21-11)14(10)19-3-4-20-14/h9-11,13H,3-7H2,1-2H3/t9-,10+,11+,13+/m0/s1. The molecule has 3 heterocycles. The van der Waals surface area contributed by atoms with E-state index in [0.29, 0.717) is 19.8 Å². The predicted molar refractivity (Wildman–Crippen MR) is 68.2 cm³/mol. The quantitative estimate of drug-likeness (QED) is 0.689. The maximum Gasteiger partial charge on any atom is 0.305 e. The molecule has 0 N–H and O–H groups in total. The minimum absolute atomic E-state index is 0.0228. The predicted octanol–water partition coefficient (Wildman–Crippen LogP) is 0.259. The smallest absolute Gasteiger partial charge is 0.305 e. The van der Waals surface area contributed by atoms with Gasteiger partial charge in [-0.25, -0.2) is 0 Å². The number of hydrogen-bond donors (Lipinski definition) is 0. The first-order chi connectivity index (χ1) is 10.1. The lowest BCUT2D eigenvalue weighted by atomic mass is 9.75. The van der Waals surface area contributed by atoms with E-state index in [1.54, 1.807) is 0 Å². The second kappa shape index (κ2) is 5.64. The van der Waals surface area contributed by atoms with Crippen LogP contribution in [-0.2, 0) is 33.3 Å². The van der Waals surface area contributed by atoms with Gasteiger partial charge in [0, 0.05) is 18.3 Å². The lowest BCUT2D eigenvalue weighted by Crippen LogP contribution is -2.58. The molecule has 0 radical (unpaired) electrons. The molecule has 2 bridgehead atoms. The Hall–Kier alpha value is -1.02. The van der Waals surface area contributed by atoms with Gasteiger partial charge in [0.2, 0.25) is 12.1 Å². The van der Waals surface area contributed by atoms with Crippen molar-refractivity contribution in [2.24, 2.45) is 11.8 Å². The van der Waals surface area contributed by atoms with Crippen molar-refractivity contribution >= 4 is 11.8 Å². The molecule has 0 amide bonds. The second-order valence-corrected chi connectivity index (χ2v) is 5.71. The molecule has 21 heavy (non-hydrogen) atoms. The van der Waals surface area contributed by atoms with E-state index >= 15 is 0 Å². The summed E-state index contributed by atoms with van der Waals surface area (Å²) in [5, 5.41) is 0. The molecule has 7 heteroatoms. The maximum absolute atomic E-state index is 11.7. The first kappa shape index (κ1) is 14.9. The van der Waals surface area contributed by atoms with E-state index in [1.807, 2.05) is 0 Å². The summed E-state index contributed by atoms with van der Waals surface area (Å²) < 4.78 is 27.8. The van der Waals surface area contributed by atoms with E-state index in [0.717, 1.165) is 0 Å². The number of carbonyl (C=O) groups excluding carboxylic acids is 2. The van der Waals surface area contributed by atoms with E-state index in [9.17, 15) is 9.59 Å². The zero-order valence-corrected chi connectivity index (χ0v) is 12.2. The maximum atomic E-state index is 11.7. The molecule has 3 aliphatic rings. The molecular weight excluding hydrogens is 280 g/mol. The fourth-order valence-corrected chi connectivity index (χ4v) is 3.53. The van der Waals surface area contributed by atoms with Crippen LogP contribution < -0.4 is 0 Å². The molecule has 4 atom stereocenters. The van der Waals surface area contributed by atoms with E-state index in [2.05, 4.69) is 0 Å². The van der Waals surface area contributed by atoms with Gasteiger partial charge in [0.1, 0.15) is 5.78 Å². The third kappa shape index (κ3) is 2.48.